The number of amides is 1. The molecule has 2 aromatic heterocycles. The summed E-state index contributed by atoms with van der Waals surface area (Å²) in [5.41, 5.74) is 2.26. The van der Waals surface area contributed by atoms with E-state index < -0.39 is 21.3 Å². The van der Waals surface area contributed by atoms with E-state index in [-0.39, 0.29) is 23.0 Å². The number of carbonyl (C=O) groups excluding carboxylic acids is 1. The van der Waals surface area contributed by atoms with Crippen molar-refractivity contribution in [1.82, 2.24) is 14.9 Å². The van der Waals surface area contributed by atoms with E-state index >= 15 is 4.39 Å². The molecule has 5 rings (SSSR count). The summed E-state index contributed by atoms with van der Waals surface area (Å²) in [6, 6.07) is 4.57. The first kappa shape index (κ1) is 25.3. The van der Waals surface area contributed by atoms with Gasteiger partial charge in [0.15, 0.2) is 0 Å². The third-order valence-electron chi connectivity index (χ3n) is 7.14. The summed E-state index contributed by atoms with van der Waals surface area (Å²) >= 11 is 0. The highest BCUT2D eigenvalue weighted by molar-refractivity contribution is 7.92. The summed E-state index contributed by atoms with van der Waals surface area (Å²) < 4.78 is 47.6. The molecule has 1 N–H and O–H groups in total. The van der Waals surface area contributed by atoms with Gasteiger partial charge in [0.1, 0.15) is 11.5 Å². The number of hydrogen-bond acceptors (Lipinski definition) is 7. The number of pyridine rings is 2. The number of ether oxygens (including phenoxy) is 1. The molecule has 0 atom stereocenters. The van der Waals surface area contributed by atoms with Crippen molar-refractivity contribution in [2.24, 2.45) is 0 Å². The number of hydrogen-bond donors (Lipinski definition) is 1. The number of carbonyl (C=O) groups is 1. The van der Waals surface area contributed by atoms with Gasteiger partial charge in [-0.15, -0.1) is 0 Å². The first-order chi connectivity index (χ1) is 17.5. The van der Waals surface area contributed by atoms with Crippen molar-refractivity contribution >= 4 is 38.2 Å². The van der Waals surface area contributed by atoms with Gasteiger partial charge in [-0.25, -0.2) is 17.8 Å². The maximum atomic E-state index is 15.4. The molecule has 3 aromatic rings. The molecule has 37 heavy (non-hydrogen) atoms. The van der Waals surface area contributed by atoms with Crippen molar-refractivity contribution in [3.8, 4) is 17.0 Å². The van der Waals surface area contributed by atoms with Crippen molar-refractivity contribution in [3.63, 3.8) is 0 Å². The van der Waals surface area contributed by atoms with Crippen LogP contribution in [-0.4, -0.2) is 69.7 Å². The number of sulfonamides is 1. The number of likely N-dealkylation sites (N-methyl/N-ethyl adjacent to an activating group) is 1. The van der Waals surface area contributed by atoms with Gasteiger partial charge in [-0.05, 0) is 45.5 Å². The van der Waals surface area contributed by atoms with Crippen molar-refractivity contribution in [1.29, 1.82) is 0 Å². The number of nitrogens with zero attached hydrogens (tertiary/aromatic N) is 4. The minimum atomic E-state index is -3.64. The van der Waals surface area contributed by atoms with Crippen LogP contribution in [0.4, 0.5) is 15.8 Å². The molecule has 1 spiro atoms. The molecule has 11 heteroatoms. The van der Waals surface area contributed by atoms with Crippen molar-refractivity contribution < 1.29 is 22.3 Å². The van der Waals surface area contributed by atoms with Gasteiger partial charge in [-0.3, -0.25) is 14.5 Å². The Morgan fingerprint density at radius 1 is 1.19 bits per heavy atom. The van der Waals surface area contributed by atoms with E-state index in [9.17, 15) is 13.2 Å². The molecule has 1 aromatic carbocycles. The number of rotatable bonds is 8. The van der Waals surface area contributed by atoms with Crippen LogP contribution in [0.3, 0.4) is 0 Å². The van der Waals surface area contributed by atoms with Crippen LogP contribution < -0.4 is 14.4 Å². The molecular weight excluding hydrogens is 497 g/mol. The molecule has 9 nitrogen and oxygen atoms in total. The smallest absolute Gasteiger partial charge is 0.238 e. The fraction of sp³-hybridized carbons (Fsp3) is 0.423. The van der Waals surface area contributed by atoms with E-state index in [1.54, 1.807) is 24.2 Å². The minimum absolute atomic E-state index is 0.0472. The number of fused-ring (bicyclic) bond motifs is 4. The zero-order valence-electron chi connectivity index (χ0n) is 21.3. The monoisotopic (exact) mass is 527 g/mol. The fourth-order valence-electron chi connectivity index (χ4n) is 5.25. The summed E-state index contributed by atoms with van der Waals surface area (Å²) in [6.45, 7) is 1.14. The van der Waals surface area contributed by atoms with E-state index in [4.69, 9.17) is 4.74 Å². The lowest BCUT2D eigenvalue weighted by atomic mass is 9.64. The molecule has 1 fully saturated rings. The Hall–Kier alpha value is -3.31. The average molecular weight is 528 g/mol. The Morgan fingerprint density at radius 3 is 2.59 bits per heavy atom. The van der Waals surface area contributed by atoms with Crippen LogP contribution in [-0.2, 0) is 20.2 Å². The van der Waals surface area contributed by atoms with Gasteiger partial charge in [0.05, 0.1) is 35.7 Å². The van der Waals surface area contributed by atoms with E-state index in [0.29, 0.717) is 23.1 Å². The maximum absolute atomic E-state index is 15.4. The van der Waals surface area contributed by atoms with Gasteiger partial charge < -0.3 is 14.5 Å². The third-order valence-corrected chi connectivity index (χ3v) is 7.73. The van der Waals surface area contributed by atoms with E-state index in [0.717, 1.165) is 49.7 Å². The summed E-state index contributed by atoms with van der Waals surface area (Å²) in [4.78, 5) is 25.5. The second-order valence-corrected chi connectivity index (χ2v) is 11.9. The van der Waals surface area contributed by atoms with Crippen LogP contribution in [0.2, 0.25) is 0 Å². The Kier molecular flexibility index (Phi) is 6.31. The number of benzene rings is 1. The lowest BCUT2D eigenvalue weighted by Gasteiger charge is -2.37. The van der Waals surface area contributed by atoms with Crippen LogP contribution in [0.25, 0.3) is 22.0 Å². The zero-order chi connectivity index (χ0) is 26.5. The third kappa shape index (κ3) is 4.50. The standard InChI is InChI=1S/C26H30FN5O4S/c1-31(2)9-6-10-36-24-21(30-37(4,34)35)11-16(14-29-24)17-12-18-20(13-19(17)27)28-15-22-23(18)26(7-5-8-26)25(33)32(22)3/h11-15,30H,5-10H2,1-4H3. The van der Waals surface area contributed by atoms with Crippen LogP contribution in [0, 0.1) is 5.82 Å². The molecule has 3 heterocycles. The molecule has 0 radical (unpaired) electrons. The Balaban J connectivity index is 1.59. The number of aromatic nitrogens is 2. The molecule has 1 saturated carbocycles. The highest BCUT2D eigenvalue weighted by Gasteiger charge is 2.54. The topological polar surface area (TPSA) is 105 Å². The second kappa shape index (κ2) is 9.21. The molecule has 2 aliphatic rings. The predicted octanol–water partition coefficient (Wildman–Crippen LogP) is 3.54. The molecule has 196 valence electrons. The summed E-state index contributed by atoms with van der Waals surface area (Å²) in [7, 11) is 2.01. The van der Waals surface area contributed by atoms with Gasteiger partial charge in [0.2, 0.25) is 21.8 Å². The lowest BCUT2D eigenvalue weighted by Crippen LogP contribution is -2.43. The van der Waals surface area contributed by atoms with Crippen LogP contribution >= 0.6 is 0 Å². The van der Waals surface area contributed by atoms with Gasteiger partial charge in [0, 0.05) is 47.9 Å². The largest absolute Gasteiger partial charge is 0.476 e. The Labute approximate surface area is 215 Å². The lowest BCUT2D eigenvalue weighted by molar-refractivity contribution is -0.125. The zero-order valence-corrected chi connectivity index (χ0v) is 22.2. The molecule has 1 amide bonds. The SMILES string of the molecule is CN(C)CCCOc1ncc(-c2cc3c4c(cnc3cc2F)N(C)C(=O)C42CCC2)cc1NS(C)(=O)=O. The van der Waals surface area contributed by atoms with Gasteiger partial charge in [-0.2, -0.15) is 0 Å². The molecule has 1 aliphatic carbocycles. The van der Waals surface area contributed by atoms with Crippen molar-refractivity contribution in [3.05, 3.63) is 42.0 Å². The summed E-state index contributed by atoms with van der Waals surface area (Å²) in [5, 5.41) is 0.716. The molecule has 1 aliphatic heterocycles. The van der Waals surface area contributed by atoms with Gasteiger partial charge in [-0.1, -0.05) is 6.42 Å². The predicted molar refractivity (Wildman–Crippen MR) is 141 cm³/mol. The first-order valence-electron chi connectivity index (χ1n) is 12.2. The van der Waals surface area contributed by atoms with Crippen LogP contribution in [0.1, 0.15) is 31.2 Å². The average Bonchev–Trinajstić information content (AvgIpc) is 3.03. The van der Waals surface area contributed by atoms with Crippen LogP contribution in [0.15, 0.2) is 30.6 Å². The Morgan fingerprint density at radius 2 is 1.95 bits per heavy atom. The molecular formula is C26H30FN5O4S. The van der Waals surface area contributed by atoms with E-state index in [2.05, 4.69) is 14.7 Å². The van der Waals surface area contributed by atoms with E-state index in [1.165, 1.54) is 18.3 Å². The molecule has 0 bridgehead atoms. The fourth-order valence-corrected chi connectivity index (χ4v) is 5.80. The minimum Gasteiger partial charge on any atom is -0.476 e. The normalized spacial score (nSPS) is 16.4. The highest BCUT2D eigenvalue weighted by Crippen LogP contribution is 2.55. The summed E-state index contributed by atoms with van der Waals surface area (Å²) in [5.74, 6) is -0.352. The van der Waals surface area contributed by atoms with Crippen molar-refractivity contribution in [2.45, 2.75) is 31.1 Å². The van der Waals surface area contributed by atoms with Crippen molar-refractivity contribution in [2.75, 3.05) is 50.2 Å². The Bertz CT molecular complexity index is 1500. The highest BCUT2D eigenvalue weighted by atomic mass is 32.2. The van der Waals surface area contributed by atoms with Gasteiger partial charge >= 0.3 is 0 Å². The maximum Gasteiger partial charge on any atom is 0.238 e. The van der Waals surface area contributed by atoms with E-state index in [1.807, 2.05) is 19.0 Å². The number of halogens is 1. The van der Waals surface area contributed by atoms with Crippen LogP contribution in [0.5, 0.6) is 5.88 Å². The number of nitrogens with one attached hydrogen (secondary N) is 1. The first-order valence-corrected chi connectivity index (χ1v) is 14.1. The number of anilines is 2. The summed E-state index contributed by atoms with van der Waals surface area (Å²) in [6.07, 6.45) is 7.31. The molecule has 0 saturated heterocycles. The van der Waals surface area contributed by atoms with Gasteiger partial charge in [0.25, 0.3) is 0 Å². The quantitative estimate of drug-likeness (QED) is 0.447. The second-order valence-electron chi connectivity index (χ2n) is 10.1. The molecule has 0 unspecified atom stereocenters.